The summed E-state index contributed by atoms with van der Waals surface area (Å²) in [5, 5.41) is 8.42. The maximum atomic E-state index is 13.1. The summed E-state index contributed by atoms with van der Waals surface area (Å²) in [6.45, 7) is 2.73. The third-order valence-corrected chi connectivity index (χ3v) is 8.25. The minimum Gasteiger partial charge on any atom is -0.467 e. The summed E-state index contributed by atoms with van der Waals surface area (Å²) in [4.78, 5) is 16.8. The zero-order valence-electron chi connectivity index (χ0n) is 16.4. The minimum atomic E-state index is -3.71. The average molecular weight is 451 g/mol. The topological polar surface area (TPSA) is 119 Å². The van der Waals surface area contributed by atoms with Gasteiger partial charge in [0.25, 0.3) is 10.0 Å². The van der Waals surface area contributed by atoms with Gasteiger partial charge < -0.3 is 14.3 Å². The lowest BCUT2D eigenvalue weighted by Gasteiger charge is -2.30. The van der Waals surface area contributed by atoms with Crippen LogP contribution in [0.3, 0.4) is 0 Å². The normalized spacial score (nSPS) is 17.8. The van der Waals surface area contributed by atoms with Crippen molar-refractivity contribution in [3.8, 4) is 11.4 Å². The van der Waals surface area contributed by atoms with Crippen molar-refractivity contribution >= 4 is 27.3 Å². The second-order valence-corrected chi connectivity index (χ2v) is 10.1. The van der Waals surface area contributed by atoms with Gasteiger partial charge in [0, 0.05) is 30.5 Å². The van der Waals surface area contributed by atoms with Crippen LogP contribution in [0.4, 0.5) is 0 Å². The largest absolute Gasteiger partial charge is 0.467 e. The summed E-state index contributed by atoms with van der Waals surface area (Å²) >= 11 is 1.12. The monoisotopic (exact) mass is 450 g/mol. The highest BCUT2D eigenvalue weighted by atomic mass is 32.2. The first-order valence-electron chi connectivity index (χ1n) is 9.69. The number of rotatable bonds is 7. The molecule has 4 heterocycles. The molecule has 1 amide bonds. The molecule has 3 aromatic rings. The number of nitrogens with one attached hydrogen (secondary N) is 1. The fourth-order valence-corrected chi connectivity index (χ4v) is 6.15. The molecule has 0 aromatic carbocycles. The molecule has 0 spiro atoms. The zero-order chi connectivity index (χ0) is 21.1. The van der Waals surface area contributed by atoms with Crippen molar-refractivity contribution < 1.29 is 22.2 Å². The van der Waals surface area contributed by atoms with Crippen molar-refractivity contribution in [3.63, 3.8) is 0 Å². The molecule has 1 unspecified atom stereocenters. The van der Waals surface area contributed by atoms with E-state index in [0.717, 1.165) is 11.3 Å². The maximum Gasteiger partial charge on any atom is 0.252 e. The summed E-state index contributed by atoms with van der Waals surface area (Å²) in [5.41, 5.74) is 0.603. The summed E-state index contributed by atoms with van der Waals surface area (Å²) in [6.07, 6.45) is 3.43. The molecule has 1 fully saturated rings. The quantitative estimate of drug-likeness (QED) is 0.588. The van der Waals surface area contributed by atoms with Crippen LogP contribution in [0.5, 0.6) is 0 Å². The van der Waals surface area contributed by atoms with Gasteiger partial charge in [-0.05, 0) is 31.0 Å². The van der Waals surface area contributed by atoms with E-state index in [1.165, 1.54) is 4.31 Å². The molecule has 0 bridgehead atoms. The van der Waals surface area contributed by atoms with Crippen LogP contribution in [0, 0.1) is 5.92 Å². The molecule has 1 saturated heterocycles. The lowest BCUT2D eigenvalue weighted by Crippen LogP contribution is -2.45. The molecule has 0 aliphatic carbocycles. The van der Waals surface area contributed by atoms with Gasteiger partial charge in [0.15, 0.2) is 0 Å². The highest BCUT2D eigenvalue weighted by Gasteiger charge is 2.34. The Morgan fingerprint density at radius 1 is 1.43 bits per heavy atom. The van der Waals surface area contributed by atoms with Gasteiger partial charge in [0.05, 0.1) is 18.7 Å². The van der Waals surface area contributed by atoms with Crippen LogP contribution in [-0.4, -0.2) is 41.9 Å². The van der Waals surface area contributed by atoms with Crippen molar-refractivity contribution in [2.45, 2.75) is 36.9 Å². The molecule has 3 aromatic heterocycles. The lowest BCUT2D eigenvalue weighted by molar-refractivity contribution is -0.126. The Morgan fingerprint density at radius 3 is 3.03 bits per heavy atom. The van der Waals surface area contributed by atoms with Crippen molar-refractivity contribution in [2.75, 3.05) is 13.1 Å². The van der Waals surface area contributed by atoms with Gasteiger partial charge in [-0.25, -0.2) is 8.42 Å². The van der Waals surface area contributed by atoms with Crippen molar-refractivity contribution in [2.24, 2.45) is 5.92 Å². The molecule has 1 N–H and O–H groups in total. The van der Waals surface area contributed by atoms with Gasteiger partial charge in [-0.1, -0.05) is 12.1 Å². The highest BCUT2D eigenvalue weighted by Crippen LogP contribution is 2.31. The molecular weight excluding hydrogens is 428 g/mol. The summed E-state index contributed by atoms with van der Waals surface area (Å²) in [7, 11) is -3.71. The van der Waals surface area contributed by atoms with Gasteiger partial charge in [-0.15, -0.1) is 11.3 Å². The second kappa shape index (κ2) is 8.70. The standard InChI is InChI=1S/C19H22N4O5S2/c1-2-16-21-18(22-28-16)14-9-17(29-12-14)30(25,26)23-7-3-5-13(11-23)19(24)20-10-15-6-4-8-27-15/h4,6,8-9,12-13H,2-3,5,7,10-11H2,1H3,(H,20,24). The van der Waals surface area contributed by atoms with Crippen LogP contribution in [0.2, 0.25) is 0 Å². The predicted octanol–water partition coefficient (Wildman–Crippen LogP) is 2.67. The number of aromatic nitrogens is 2. The Labute approximate surface area is 178 Å². The summed E-state index contributed by atoms with van der Waals surface area (Å²) in [5.74, 6) is 0.963. The number of piperidine rings is 1. The Bertz CT molecular complexity index is 1100. The molecule has 4 rings (SSSR count). The second-order valence-electron chi connectivity index (χ2n) is 7.02. The van der Waals surface area contributed by atoms with E-state index in [-0.39, 0.29) is 23.2 Å². The van der Waals surface area contributed by atoms with E-state index in [0.29, 0.717) is 48.8 Å². The van der Waals surface area contributed by atoms with Crippen molar-refractivity contribution in [1.29, 1.82) is 0 Å². The number of hydrogen-bond acceptors (Lipinski definition) is 8. The first-order chi connectivity index (χ1) is 14.5. The van der Waals surface area contributed by atoms with E-state index < -0.39 is 15.9 Å². The van der Waals surface area contributed by atoms with Gasteiger partial charge in [-0.2, -0.15) is 9.29 Å². The number of carbonyl (C=O) groups is 1. The molecule has 0 radical (unpaired) electrons. The average Bonchev–Trinajstić information content (AvgIpc) is 3.53. The molecular formula is C19H22N4O5S2. The van der Waals surface area contributed by atoms with E-state index >= 15 is 0 Å². The number of nitrogens with zero attached hydrogens (tertiary/aromatic N) is 3. The van der Waals surface area contributed by atoms with Crippen molar-refractivity contribution in [3.05, 3.63) is 41.5 Å². The first kappa shape index (κ1) is 20.8. The van der Waals surface area contributed by atoms with Crippen molar-refractivity contribution in [1.82, 2.24) is 19.8 Å². The molecule has 1 atom stereocenters. The van der Waals surface area contributed by atoms with Crippen LogP contribution in [0.25, 0.3) is 11.4 Å². The van der Waals surface area contributed by atoms with E-state index in [1.54, 1.807) is 29.8 Å². The Morgan fingerprint density at radius 2 is 2.30 bits per heavy atom. The Balaban J connectivity index is 1.44. The number of furan rings is 1. The Kier molecular flexibility index (Phi) is 6.02. The van der Waals surface area contributed by atoms with E-state index in [2.05, 4.69) is 15.5 Å². The maximum absolute atomic E-state index is 13.1. The van der Waals surface area contributed by atoms with Crippen LogP contribution in [-0.2, 0) is 27.8 Å². The molecule has 11 heteroatoms. The van der Waals surface area contributed by atoms with Gasteiger partial charge >= 0.3 is 0 Å². The smallest absolute Gasteiger partial charge is 0.252 e. The SMILES string of the molecule is CCc1nc(-c2csc(S(=O)(=O)N3CCCC(C(=O)NCc4ccco4)C3)c2)no1. The number of sulfonamides is 1. The predicted molar refractivity (Wildman–Crippen MR) is 109 cm³/mol. The first-order valence-corrected chi connectivity index (χ1v) is 12.0. The van der Waals surface area contributed by atoms with E-state index in [4.69, 9.17) is 8.94 Å². The van der Waals surface area contributed by atoms with Crippen LogP contribution >= 0.6 is 11.3 Å². The molecule has 1 aliphatic rings. The highest BCUT2D eigenvalue weighted by molar-refractivity contribution is 7.91. The van der Waals surface area contributed by atoms with Crippen LogP contribution < -0.4 is 5.32 Å². The third kappa shape index (κ3) is 4.32. The molecule has 0 saturated carbocycles. The van der Waals surface area contributed by atoms with Gasteiger partial charge in [0.2, 0.25) is 17.6 Å². The lowest BCUT2D eigenvalue weighted by atomic mass is 9.99. The number of aryl methyl sites for hydroxylation is 1. The molecule has 9 nitrogen and oxygen atoms in total. The number of amides is 1. The summed E-state index contributed by atoms with van der Waals surface area (Å²) < 4.78 is 38.2. The zero-order valence-corrected chi connectivity index (χ0v) is 18.0. The van der Waals surface area contributed by atoms with E-state index in [1.807, 2.05) is 6.92 Å². The summed E-state index contributed by atoms with van der Waals surface area (Å²) in [6, 6.07) is 5.09. The van der Waals surface area contributed by atoms with Gasteiger partial charge in [0.1, 0.15) is 9.97 Å². The molecule has 1 aliphatic heterocycles. The molecule has 30 heavy (non-hydrogen) atoms. The molecule has 160 valence electrons. The Hall–Kier alpha value is -2.50. The van der Waals surface area contributed by atoms with E-state index in [9.17, 15) is 13.2 Å². The number of thiophene rings is 1. The van der Waals surface area contributed by atoms with Gasteiger partial charge in [-0.3, -0.25) is 4.79 Å². The fraction of sp³-hybridized carbons (Fsp3) is 0.421. The van der Waals surface area contributed by atoms with Crippen LogP contribution in [0.15, 0.2) is 43.0 Å². The number of carbonyl (C=O) groups excluding carboxylic acids is 1. The number of hydrogen-bond donors (Lipinski definition) is 1. The third-order valence-electron chi connectivity index (χ3n) is 4.97. The van der Waals surface area contributed by atoms with Crippen LogP contribution in [0.1, 0.15) is 31.4 Å². The minimum absolute atomic E-state index is 0.155. The fourth-order valence-electron chi connectivity index (χ4n) is 3.32.